The molecule has 5 atom stereocenters. The summed E-state index contributed by atoms with van der Waals surface area (Å²) in [6.07, 6.45) is 3.27. The quantitative estimate of drug-likeness (QED) is 0.492. The van der Waals surface area contributed by atoms with E-state index in [-0.39, 0.29) is 30.4 Å². The van der Waals surface area contributed by atoms with Crippen molar-refractivity contribution in [1.29, 1.82) is 0 Å². The van der Waals surface area contributed by atoms with Gasteiger partial charge in [-0.15, -0.1) is 0 Å². The zero-order valence-electron chi connectivity index (χ0n) is 19.7. The average molecular weight is 458 g/mol. The first-order chi connectivity index (χ1) is 15.7. The Morgan fingerprint density at radius 2 is 1.88 bits per heavy atom. The van der Waals surface area contributed by atoms with Gasteiger partial charge in [-0.25, -0.2) is 0 Å². The summed E-state index contributed by atoms with van der Waals surface area (Å²) < 4.78 is 6.56. The molecule has 2 unspecified atom stereocenters. The maximum atomic E-state index is 13.8. The smallest absolute Gasteiger partial charge is 0.246 e. The first-order valence-electron chi connectivity index (χ1n) is 12.0. The Bertz CT molecular complexity index is 907. The zero-order chi connectivity index (χ0) is 23.8. The fourth-order valence-electron chi connectivity index (χ4n) is 6.04. The molecule has 3 aliphatic heterocycles. The molecule has 3 aliphatic rings. The minimum Gasteiger partial charge on any atom is -0.396 e. The molecule has 180 valence electrons. The predicted octanol–water partition coefficient (Wildman–Crippen LogP) is 2.08. The second-order valence-corrected chi connectivity index (χ2v) is 10.1. The Morgan fingerprint density at radius 3 is 2.55 bits per heavy atom. The van der Waals surface area contributed by atoms with Crippen LogP contribution in [0.4, 0.5) is 5.69 Å². The fraction of sp³-hybridized carbons (Fsp3) is 0.640. The van der Waals surface area contributed by atoms with E-state index in [1.165, 1.54) is 0 Å². The molecule has 4 rings (SSSR count). The topological polar surface area (TPSA) is 108 Å². The summed E-state index contributed by atoms with van der Waals surface area (Å²) in [4.78, 5) is 42.3. The number of aliphatic hydroxyl groups excluding tert-OH is 1. The standard InChI is InChI=1S/C25H35N3O5/c1-16(2)26-22(31)20-25-13-12-24(3,33-25)18(21(30)27-17-10-6-4-7-11-17)19(25)23(32)28(20)14-8-5-9-15-29/h4,6-7,10-11,16,18-20,29H,5,8-9,12-15H2,1-3H3,(H,26,31)(H,27,30)/t18-,19-,20?,24+,25?/m0/s1. The molecular formula is C25H35N3O5. The maximum Gasteiger partial charge on any atom is 0.246 e. The van der Waals surface area contributed by atoms with Crippen LogP contribution in [0.5, 0.6) is 0 Å². The Labute approximate surface area is 195 Å². The van der Waals surface area contributed by atoms with E-state index in [1.807, 2.05) is 51.1 Å². The number of nitrogens with zero attached hydrogens (tertiary/aromatic N) is 1. The van der Waals surface area contributed by atoms with Crippen LogP contribution in [0.15, 0.2) is 30.3 Å². The molecule has 0 radical (unpaired) electrons. The summed E-state index contributed by atoms with van der Waals surface area (Å²) >= 11 is 0. The molecule has 1 spiro atoms. The molecule has 3 amide bonds. The lowest BCUT2D eigenvalue weighted by atomic mass is 9.66. The van der Waals surface area contributed by atoms with E-state index in [9.17, 15) is 14.4 Å². The fourth-order valence-corrected chi connectivity index (χ4v) is 6.04. The van der Waals surface area contributed by atoms with Crippen molar-refractivity contribution < 1.29 is 24.2 Å². The molecule has 33 heavy (non-hydrogen) atoms. The number of hydrogen-bond acceptors (Lipinski definition) is 5. The van der Waals surface area contributed by atoms with Crippen LogP contribution in [0, 0.1) is 11.8 Å². The van der Waals surface area contributed by atoms with Gasteiger partial charge in [0.05, 0.1) is 17.4 Å². The zero-order valence-corrected chi connectivity index (χ0v) is 19.7. The highest BCUT2D eigenvalue weighted by Crippen LogP contribution is 2.63. The minimum absolute atomic E-state index is 0.0781. The summed E-state index contributed by atoms with van der Waals surface area (Å²) in [5, 5.41) is 15.0. The number of likely N-dealkylation sites (tertiary alicyclic amines) is 1. The molecule has 0 saturated carbocycles. The second-order valence-electron chi connectivity index (χ2n) is 10.1. The van der Waals surface area contributed by atoms with Crippen molar-refractivity contribution in [3.8, 4) is 0 Å². The van der Waals surface area contributed by atoms with Crippen LogP contribution in [0.1, 0.15) is 52.9 Å². The van der Waals surface area contributed by atoms with Gasteiger partial charge < -0.3 is 25.4 Å². The number of rotatable bonds is 9. The first-order valence-corrected chi connectivity index (χ1v) is 12.0. The van der Waals surface area contributed by atoms with Crippen LogP contribution < -0.4 is 10.6 Å². The lowest BCUT2D eigenvalue weighted by Crippen LogP contribution is -2.56. The van der Waals surface area contributed by atoms with Gasteiger partial charge in [-0.1, -0.05) is 18.2 Å². The number of carbonyl (C=O) groups is 3. The van der Waals surface area contributed by atoms with E-state index in [0.717, 1.165) is 6.42 Å². The molecule has 1 aromatic rings. The monoisotopic (exact) mass is 457 g/mol. The summed E-state index contributed by atoms with van der Waals surface area (Å²) in [5.41, 5.74) is -1.12. The highest BCUT2D eigenvalue weighted by molar-refractivity contribution is 6.02. The van der Waals surface area contributed by atoms with Crippen LogP contribution in [-0.2, 0) is 19.1 Å². The van der Waals surface area contributed by atoms with Crippen LogP contribution in [0.2, 0.25) is 0 Å². The van der Waals surface area contributed by atoms with Gasteiger partial charge in [0.25, 0.3) is 0 Å². The number of benzene rings is 1. The number of carbonyl (C=O) groups excluding carboxylic acids is 3. The molecule has 8 nitrogen and oxygen atoms in total. The van der Waals surface area contributed by atoms with Crippen LogP contribution >= 0.6 is 0 Å². The third-order valence-electron chi connectivity index (χ3n) is 7.34. The second kappa shape index (κ2) is 9.06. The molecule has 3 fully saturated rings. The molecule has 0 aliphatic carbocycles. The first kappa shape index (κ1) is 23.7. The number of nitrogens with one attached hydrogen (secondary N) is 2. The van der Waals surface area contributed by atoms with E-state index in [1.54, 1.807) is 4.90 Å². The summed E-state index contributed by atoms with van der Waals surface area (Å²) in [7, 11) is 0. The Morgan fingerprint density at radius 1 is 1.15 bits per heavy atom. The number of para-hydroxylation sites is 1. The number of hydrogen-bond donors (Lipinski definition) is 3. The summed E-state index contributed by atoms with van der Waals surface area (Å²) in [6, 6.07) is 8.35. The number of ether oxygens (including phenoxy) is 1. The van der Waals surface area contributed by atoms with Gasteiger partial charge in [0.15, 0.2) is 0 Å². The molecular weight excluding hydrogens is 422 g/mol. The molecule has 8 heteroatoms. The third kappa shape index (κ3) is 4.04. The SMILES string of the molecule is CC(C)NC(=O)C1N(CCCCCO)C(=O)[C@@H]2[C@@H](C(=O)Nc3ccccc3)[C@@]3(C)CCC12O3. The third-order valence-corrected chi connectivity index (χ3v) is 7.34. The Balaban J connectivity index is 1.65. The van der Waals surface area contributed by atoms with Crippen molar-refractivity contribution in [3.63, 3.8) is 0 Å². The van der Waals surface area contributed by atoms with Crippen molar-refractivity contribution in [3.05, 3.63) is 30.3 Å². The summed E-state index contributed by atoms with van der Waals surface area (Å²) in [5.74, 6) is -2.01. The van der Waals surface area contributed by atoms with Gasteiger partial charge in [0, 0.05) is 24.9 Å². The molecule has 1 aromatic carbocycles. The van der Waals surface area contributed by atoms with Crippen LogP contribution in [0.25, 0.3) is 0 Å². The predicted molar refractivity (Wildman–Crippen MR) is 123 cm³/mol. The molecule has 0 aromatic heterocycles. The highest BCUT2D eigenvalue weighted by atomic mass is 16.5. The number of aliphatic hydroxyl groups is 1. The summed E-state index contributed by atoms with van der Waals surface area (Å²) in [6.45, 7) is 6.17. The largest absolute Gasteiger partial charge is 0.396 e. The van der Waals surface area contributed by atoms with Gasteiger partial charge in [-0.05, 0) is 65.0 Å². The lowest BCUT2D eigenvalue weighted by molar-refractivity contribution is -0.145. The maximum absolute atomic E-state index is 13.8. The normalized spacial score (nSPS) is 32.3. The molecule has 3 saturated heterocycles. The molecule has 2 bridgehead atoms. The molecule has 3 heterocycles. The number of unbranched alkanes of at least 4 members (excludes halogenated alkanes) is 2. The van der Waals surface area contributed by atoms with Gasteiger partial charge in [0.2, 0.25) is 17.7 Å². The molecule has 3 N–H and O–H groups in total. The Hall–Kier alpha value is -2.45. The average Bonchev–Trinajstić information content (AvgIpc) is 3.32. The van der Waals surface area contributed by atoms with Crippen molar-refractivity contribution in [2.24, 2.45) is 11.8 Å². The van der Waals surface area contributed by atoms with E-state index in [2.05, 4.69) is 10.6 Å². The Kier molecular flexibility index (Phi) is 6.51. The van der Waals surface area contributed by atoms with Crippen LogP contribution in [-0.4, -0.2) is 64.2 Å². The van der Waals surface area contributed by atoms with Crippen LogP contribution in [0.3, 0.4) is 0 Å². The van der Waals surface area contributed by atoms with Crippen molar-refractivity contribution >= 4 is 23.4 Å². The van der Waals surface area contributed by atoms with E-state index >= 15 is 0 Å². The van der Waals surface area contributed by atoms with Gasteiger partial charge in [-0.2, -0.15) is 0 Å². The van der Waals surface area contributed by atoms with Gasteiger partial charge >= 0.3 is 0 Å². The van der Waals surface area contributed by atoms with E-state index < -0.39 is 29.1 Å². The number of amides is 3. The minimum atomic E-state index is -1.000. The van der Waals surface area contributed by atoms with Crippen molar-refractivity contribution in [2.75, 3.05) is 18.5 Å². The van der Waals surface area contributed by atoms with E-state index in [0.29, 0.717) is 37.9 Å². The number of anilines is 1. The lowest BCUT2D eigenvalue weighted by Gasteiger charge is -2.34. The number of fused-ring (bicyclic) bond motifs is 1. The van der Waals surface area contributed by atoms with Crippen molar-refractivity contribution in [2.45, 2.75) is 76.2 Å². The van der Waals surface area contributed by atoms with E-state index in [4.69, 9.17) is 9.84 Å². The highest BCUT2D eigenvalue weighted by Gasteiger charge is 2.77. The van der Waals surface area contributed by atoms with Gasteiger partial charge in [0.1, 0.15) is 11.6 Å². The van der Waals surface area contributed by atoms with Crippen molar-refractivity contribution in [1.82, 2.24) is 10.2 Å². The van der Waals surface area contributed by atoms with Gasteiger partial charge in [-0.3, -0.25) is 14.4 Å².